The summed E-state index contributed by atoms with van der Waals surface area (Å²) in [6, 6.07) is 8.43. The third-order valence-corrected chi connectivity index (χ3v) is 4.89. The predicted molar refractivity (Wildman–Crippen MR) is 76.7 cm³/mol. The number of aromatic nitrogens is 2. The number of H-pyrrole nitrogens is 1. The summed E-state index contributed by atoms with van der Waals surface area (Å²) in [5, 5.41) is 7.48. The van der Waals surface area contributed by atoms with Crippen molar-refractivity contribution in [2.75, 3.05) is 5.73 Å². The van der Waals surface area contributed by atoms with Gasteiger partial charge in [0.1, 0.15) is 0 Å². The van der Waals surface area contributed by atoms with Gasteiger partial charge in [-0.15, -0.1) is 0 Å². The van der Waals surface area contributed by atoms with E-state index in [9.17, 15) is 0 Å². The van der Waals surface area contributed by atoms with Crippen molar-refractivity contribution in [2.45, 2.75) is 32.1 Å². The van der Waals surface area contributed by atoms with E-state index in [1.54, 1.807) is 0 Å². The normalized spacial score (nSPS) is 28.4. The van der Waals surface area contributed by atoms with E-state index in [-0.39, 0.29) is 0 Å². The Balaban J connectivity index is 1.79. The molecule has 2 saturated carbocycles. The second kappa shape index (κ2) is 3.86. The lowest BCUT2D eigenvalue weighted by Gasteiger charge is -2.14. The number of benzene rings is 1. The average molecular weight is 253 g/mol. The zero-order valence-electron chi connectivity index (χ0n) is 11.2. The SMILES string of the molecule is Cc1ccccc1-c1c(N)n[nH]c1C1CC2CC2C1. The van der Waals surface area contributed by atoms with Gasteiger partial charge in [0.15, 0.2) is 5.82 Å². The van der Waals surface area contributed by atoms with Gasteiger partial charge in [0.25, 0.3) is 0 Å². The van der Waals surface area contributed by atoms with E-state index in [1.165, 1.54) is 36.1 Å². The van der Waals surface area contributed by atoms with Crippen molar-refractivity contribution in [2.24, 2.45) is 11.8 Å². The molecule has 0 spiro atoms. The van der Waals surface area contributed by atoms with Gasteiger partial charge in [0, 0.05) is 17.2 Å². The van der Waals surface area contributed by atoms with Crippen molar-refractivity contribution in [3.05, 3.63) is 35.5 Å². The first-order valence-corrected chi connectivity index (χ1v) is 7.13. The van der Waals surface area contributed by atoms with Crippen molar-refractivity contribution in [1.29, 1.82) is 0 Å². The van der Waals surface area contributed by atoms with Gasteiger partial charge in [-0.3, -0.25) is 5.10 Å². The minimum Gasteiger partial charge on any atom is -0.382 e. The maximum Gasteiger partial charge on any atom is 0.153 e. The van der Waals surface area contributed by atoms with E-state index in [0.717, 1.165) is 17.4 Å². The Bertz CT molecular complexity index is 619. The zero-order valence-corrected chi connectivity index (χ0v) is 11.2. The lowest BCUT2D eigenvalue weighted by Crippen LogP contribution is -2.00. The molecule has 19 heavy (non-hydrogen) atoms. The van der Waals surface area contributed by atoms with Gasteiger partial charge in [0.2, 0.25) is 0 Å². The number of hydrogen-bond donors (Lipinski definition) is 2. The molecule has 0 aliphatic heterocycles. The molecule has 0 amide bonds. The lowest BCUT2D eigenvalue weighted by molar-refractivity contribution is 0.607. The van der Waals surface area contributed by atoms with Crippen LogP contribution in [0, 0.1) is 18.8 Å². The molecule has 3 nitrogen and oxygen atoms in total. The number of nitrogen functional groups attached to an aromatic ring is 1. The molecule has 3 heteroatoms. The highest BCUT2D eigenvalue weighted by atomic mass is 15.2. The number of aryl methyl sites for hydroxylation is 1. The van der Waals surface area contributed by atoms with Crippen LogP contribution in [0.2, 0.25) is 0 Å². The molecular formula is C16H19N3. The van der Waals surface area contributed by atoms with Gasteiger partial charge in [-0.05, 0) is 49.1 Å². The minimum atomic E-state index is 0.628. The summed E-state index contributed by atoms with van der Waals surface area (Å²) in [5.74, 6) is 3.21. The monoisotopic (exact) mass is 253 g/mol. The van der Waals surface area contributed by atoms with Gasteiger partial charge < -0.3 is 5.73 Å². The Morgan fingerprint density at radius 3 is 2.63 bits per heavy atom. The van der Waals surface area contributed by atoms with Crippen LogP contribution in [0.25, 0.3) is 11.1 Å². The molecule has 0 radical (unpaired) electrons. The Labute approximate surface area is 113 Å². The maximum absolute atomic E-state index is 6.11. The smallest absolute Gasteiger partial charge is 0.153 e. The Morgan fingerprint density at radius 1 is 1.16 bits per heavy atom. The molecule has 98 valence electrons. The fourth-order valence-electron chi connectivity index (χ4n) is 3.75. The van der Waals surface area contributed by atoms with Crippen LogP contribution in [-0.4, -0.2) is 10.2 Å². The molecule has 3 N–H and O–H groups in total. The van der Waals surface area contributed by atoms with Crippen molar-refractivity contribution >= 4 is 5.82 Å². The average Bonchev–Trinajstić information content (AvgIpc) is 2.84. The van der Waals surface area contributed by atoms with Gasteiger partial charge in [-0.25, -0.2) is 0 Å². The highest BCUT2D eigenvalue weighted by Gasteiger charge is 2.47. The van der Waals surface area contributed by atoms with Crippen LogP contribution in [0.1, 0.15) is 36.4 Å². The quantitative estimate of drug-likeness (QED) is 0.861. The van der Waals surface area contributed by atoms with Crippen LogP contribution in [0.15, 0.2) is 24.3 Å². The minimum absolute atomic E-state index is 0.628. The molecule has 2 aliphatic carbocycles. The second-order valence-corrected chi connectivity index (χ2v) is 6.14. The largest absolute Gasteiger partial charge is 0.382 e. The molecule has 2 unspecified atom stereocenters. The second-order valence-electron chi connectivity index (χ2n) is 6.14. The van der Waals surface area contributed by atoms with E-state index < -0.39 is 0 Å². The number of aromatic amines is 1. The number of rotatable bonds is 2. The molecule has 0 bridgehead atoms. The summed E-state index contributed by atoms with van der Waals surface area (Å²) in [6.45, 7) is 2.14. The zero-order chi connectivity index (χ0) is 13.0. The fraction of sp³-hybridized carbons (Fsp3) is 0.438. The molecule has 2 aliphatic rings. The van der Waals surface area contributed by atoms with Crippen molar-refractivity contribution in [1.82, 2.24) is 10.2 Å². The maximum atomic E-state index is 6.11. The first-order chi connectivity index (χ1) is 9.24. The number of nitrogens with zero attached hydrogens (tertiary/aromatic N) is 1. The van der Waals surface area contributed by atoms with Crippen LogP contribution in [0.4, 0.5) is 5.82 Å². The Morgan fingerprint density at radius 2 is 1.89 bits per heavy atom. The summed E-state index contributed by atoms with van der Waals surface area (Å²) < 4.78 is 0. The van der Waals surface area contributed by atoms with Crippen LogP contribution in [0.3, 0.4) is 0 Å². The van der Waals surface area contributed by atoms with Crippen molar-refractivity contribution < 1.29 is 0 Å². The highest BCUT2D eigenvalue weighted by Crippen LogP contribution is 2.58. The number of nitrogens with two attached hydrogens (primary N) is 1. The van der Waals surface area contributed by atoms with Crippen LogP contribution in [0.5, 0.6) is 0 Å². The van der Waals surface area contributed by atoms with Gasteiger partial charge in [-0.2, -0.15) is 5.10 Å². The summed E-state index contributed by atoms with van der Waals surface area (Å²) in [6.07, 6.45) is 4.07. The third-order valence-electron chi connectivity index (χ3n) is 4.89. The first kappa shape index (κ1) is 11.1. The lowest BCUT2D eigenvalue weighted by atomic mass is 9.91. The molecule has 4 rings (SSSR count). The van der Waals surface area contributed by atoms with E-state index in [2.05, 4.69) is 41.4 Å². The summed E-state index contributed by atoms with van der Waals surface area (Å²) in [5.41, 5.74) is 11.0. The van der Waals surface area contributed by atoms with Crippen LogP contribution in [-0.2, 0) is 0 Å². The van der Waals surface area contributed by atoms with Crippen molar-refractivity contribution in [3.8, 4) is 11.1 Å². The summed E-state index contributed by atoms with van der Waals surface area (Å²) in [7, 11) is 0. The van der Waals surface area contributed by atoms with E-state index in [1.807, 2.05) is 0 Å². The van der Waals surface area contributed by atoms with Gasteiger partial charge in [-0.1, -0.05) is 24.3 Å². The van der Waals surface area contributed by atoms with Gasteiger partial charge >= 0.3 is 0 Å². The number of anilines is 1. The van der Waals surface area contributed by atoms with Crippen LogP contribution < -0.4 is 5.73 Å². The van der Waals surface area contributed by atoms with E-state index >= 15 is 0 Å². The highest BCUT2D eigenvalue weighted by molar-refractivity contribution is 5.79. The molecule has 0 saturated heterocycles. The summed E-state index contributed by atoms with van der Waals surface area (Å²) >= 11 is 0. The Hall–Kier alpha value is -1.77. The third kappa shape index (κ3) is 1.68. The van der Waals surface area contributed by atoms with Gasteiger partial charge in [0.05, 0.1) is 0 Å². The molecule has 1 aromatic heterocycles. The number of fused-ring (bicyclic) bond motifs is 1. The van der Waals surface area contributed by atoms with Crippen LogP contribution >= 0.6 is 0 Å². The molecule has 1 aromatic carbocycles. The van der Waals surface area contributed by atoms with E-state index in [4.69, 9.17) is 5.73 Å². The summed E-state index contributed by atoms with van der Waals surface area (Å²) in [4.78, 5) is 0. The number of hydrogen-bond acceptors (Lipinski definition) is 2. The van der Waals surface area contributed by atoms with E-state index in [0.29, 0.717) is 11.7 Å². The first-order valence-electron chi connectivity index (χ1n) is 7.13. The standard InChI is InChI=1S/C16H19N3/c1-9-4-2-3-5-13(9)14-15(18-19-16(14)17)12-7-10-6-11(10)8-12/h2-5,10-12H,6-8H2,1H3,(H3,17,18,19). The Kier molecular flexibility index (Phi) is 2.25. The topological polar surface area (TPSA) is 54.7 Å². The fourth-order valence-corrected chi connectivity index (χ4v) is 3.75. The molecule has 1 heterocycles. The number of nitrogens with one attached hydrogen (secondary N) is 1. The predicted octanol–water partition coefficient (Wildman–Crippen LogP) is 3.48. The van der Waals surface area contributed by atoms with Crippen molar-refractivity contribution in [3.63, 3.8) is 0 Å². The molecular weight excluding hydrogens is 234 g/mol. The molecule has 2 atom stereocenters. The molecule has 2 fully saturated rings. The molecule has 2 aromatic rings.